The van der Waals surface area contributed by atoms with Gasteiger partial charge >= 0.3 is 5.69 Å². The third kappa shape index (κ3) is 1.42. The summed E-state index contributed by atoms with van der Waals surface area (Å²) in [5, 5.41) is 5.14. The van der Waals surface area contributed by atoms with Gasteiger partial charge < -0.3 is 4.98 Å². The second-order valence-corrected chi connectivity index (χ2v) is 5.84. The van der Waals surface area contributed by atoms with Crippen LogP contribution in [0.1, 0.15) is 5.69 Å². The summed E-state index contributed by atoms with van der Waals surface area (Å²) in [6, 6.07) is 8.91. The van der Waals surface area contributed by atoms with E-state index in [1.54, 1.807) is 22.9 Å². The van der Waals surface area contributed by atoms with Gasteiger partial charge in [0.2, 0.25) is 0 Å². The average Bonchev–Trinajstić information content (AvgIpc) is 3.11. The van der Waals surface area contributed by atoms with Gasteiger partial charge in [-0.15, -0.1) is 5.10 Å². The lowest BCUT2D eigenvalue weighted by Gasteiger charge is -2.01. The van der Waals surface area contributed by atoms with Gasteiger partial charge in [0.05, 0.1) is 11.0 Å². The Hall–Kier alpha value is -3.42. The van der Waals surface area contributed by atoms with Crippen LogP contribution < -0.4 is 11.2 Å². The van der Waals surface area contributed by atoms with Crippen LogP contribution in [0, 0.1) is 6.92 Å². The number of fused-ring (bicyclic) bond motifs is 7. The molecule has 1 aromatic carbocycles. The first-order valence-electron chi connectivity index (χ1n) is 7.45. The predicted octanol–water partition coefficient (Wildman–Crippen LogP) is 0.984. The fourth-order valence-electron chi connectivity index (χ4n) is 3.25. The third-order valence-electron chi connectivity index (χ3n) is 4.36. The fourth-order valence-corrected chi connectivity index (χ4v) is 3.25. The molecule has 0 saturated heterocycles. The van der Waals surface area contributed by atoms with Crippen molar-refractivity contribution in [2.45, 2.75) is 6.92 Å². The van der Waals surface area contributed by atoms with Crippen LogP contribution in [0.15, 0.2) is 39.9 Å². The largest absolute Gasteiger partial charge is 0.335 e. The summed E-state index contributed by atoms with van der Waals surface area (Å²) >= 11 is 0. The van der Waals surface area contributed by atoms with Crippen molar-refractivity contribution in [1.82, 2.24) is 28.5 Å². The molecule has 0 radical (unpaired) electrons. The van der Waals surface area contributed by atoms with E-state index in [-0.39, 0.29) is 11.2 Å². The van der Waals surface area contributed by atoms with Gasteiger partial charge in [0.15, 0.2) is 11.3 Å². The molecule has 1 N–H and O–H groups in total. The second-order valence-electron chi connectivity index (χ2n) is 5.84. The predicted molar refractivity (Wildman–Crippen MR) is 89.6 cm³/mol. The number of imidazole rings is 1. The first kappa shape index (κ1) is 13.1. The van der Waals surface area contributed by atoms with E-state index >= 15 is 0 Å². The molecular weight excluding hydrogens is 308 g/mol. The van der Waals surface area contributed by atoms with E-state index in [2.05, 4.69) is 15.1 Å². The molecule has 0 fully saturated rings. The van der Waals surface area contributed by atoms with Crippen LogP contribution in [0.25, 0.3) is 33.4 Å². The molecule has 8 nitrogen and oxygen atoms in total. The molecule has 0 spiro atoms. The van der Waals surface area contributed by atoms with E-state index in [0.29, 0.717) is 28.0 Å². The summed E-state index contributed by atoms with van der Waals surface area (Å²) in [5.74, 6) is 0. The number of aromatic nitrogens is 6. The zero-order valence-corrected chi connectivity index (χ0v) is 12.9. The van der Waals surface area contributed by atoms with Gasteiger partial charge in [-0.2, -0.15) is 0 Å². The summed E-state index contributed by atoms with van der Waals surface area (Å²) in [6.07, 6.45) is 0. The lowest BCUT2D eigenvalue weighted by Crippen LogP contribution is -2.24. The Morgan fingerprint density at radius 1 is 1.12 bits per heavy atom. The standard InChI is InChI=1S/C16H12N6O2/c1-8-7-11(23)18-14-12-13-17-9-5-3-4-6-10(9)21(13)16(24)20(2)15(12)19-22(8)14/h3-7H,1-2H3,(H,18,23). The van der Waals surface area contributed by atoms with Gasteiger partial charge in [-0.25, -0.2) is 18.7 Å². The SMILES string of the molecule is Cc1cc(=O)[nH]c2c3c(nn12)n(C)c(=O)n1c2ccccc2nc31. The Bertz CT molecular complexity index is 1420. The monoisotopic (exact) mass is 320 g/mol. The molecule has 0 aliphatic carbocycles. The van der Waals surface area contributed by atoms with Gasteiger partial charge in [-0.05, 0) is 19.1 Å². The molecule has 0 unspecified atom stereocenters. The summed E-state index contributed by atoms with van der Waals surface area (Å²) in [7, 11) is 1.67. The molecule has 0 bridgehead atoms. The van der Waals surface area contributed by atoms with Crippen molar-refractivity contribution in [3.63, 3.8) is 0 Å². The Morgan fingerprint density at radius 3 is 2.75 bits per heavy atom. The average molecular weight is 320 g/mol. The second kappa shape index (κ2) is 4.10. The number of hydrogen-bond acceptors (Lipinski definition) is 4. The molecule has 5 rings (SSSR count). The molecular formula is C16H12N6O2. The first-order valence-corrected chi connectivity index (χ1v) is 7.45. The highest BCUT2D eigenvalue weighted by Gasteiger charge is 2.19. The number of nitrogens with zero attached hydrogens (tertiary/aromatic N) is 5. The zero-order chi connectivity index (χ0) is 16.6. The van der Waals surface area contributed by atoms with Crippen LogP contribution in [-0.4, -0.2) is 28.5 Å². The van der Waals surface area contributed by atoms with Crippen molar-refractivity contribution in [3.05, 3.63) is 56.9 Å². The van der Waals surface area contributed by atoms with Crippen molar-refractivity contribution < 1.29 is 0 Å². The molecule has 118 valence electrons. The summed E-state index contributed by atoms with van der Waals surface area (Å²) in [4.78, 5) is 32.1. The van der Waals surface area contributed by atoms with Crippen molar-refractivity contribution in [3.8, 4) is 0 Å². The number of aromatic amines is 1. The van der Waals surface area contributed by atoms with Gasteiger partial charge in [0.1, 0.15) is 11.0 Å². The lowest BCUT2D eigenvalue weighted by molar-refractivity contribution is 0.804. The number of rotatable bonds is 0. The van der Waals surface area contributed by atoms with Crippen LogP contribution in [0.2, 0.25) is 0 Å². The number of benzene rings is 1. The van der Waals surface area contributed by atoms with E-state index in [9.17, 15) is 9.59 Å². The minimum absolute atomic E-state index is 0.218. The Labute approximate surface area is 133 Å². The molecule has 0 aliphatic rings. The molecule has 8 heteroatoms. The van der Waals surface area contributed by atoms with E-state index in [1.807, 2.05) is 24.3 Å². The van der Waals surface area contributed by atoms with E-state index in [4.69, 9.17) is 0 Å². The lowest BCUT2D eigenvalue weighted by atomic mass is 10.3. The molecule has 4 heterocycles. The van der Waals surface area contributed by atoms with Crippen LogP contribution >= 0.6 is 0 Å². The van der Waals surface area contributed by atoms with E-state index in [0.717, 1.165) is 11.0 Å². The zero-order valence-electron chi connectivity index (χ0n) is 12.9. The molecule has 24 heavy (non-hydrogen) atoms. The van der Waals surface area contributed by atoms with Crippen LogP contribution in [-0.2, 0) is 7.05 Å². The van der Waals surface area contributed by atoms with E-state index in [1.165, 1.54) is 10.6 Å². The molecule has 5 aromatic rings. The van der Waals surface area contributed by atoms with Crippen LogP contribution in [0.4, 0.5) is 0 Å². The summed E-state index contributed by atoms with van der Waals surface area (Å²) < 4.78 is 4.66. The maximum Gasteiger partial charge on any atom is 0.335 e. The highest BCUT2D eigenvalue weighted by atomic mass is 16.1. The van der Waals surface area contributed by atoms with Crippen LogP contribution in [0.5, 0.6) is 0 Å². The fraction of sp³-hybridized carbons (Fsp3) is 0.125. The van der Waals surface area contributed by atoms with E-state index < -0.39 is 0 Å². The maximum atomic E-state index is 12.8. The Morgan fingerprint density at radius 2 is 1.92 bits per heavy atom. The van der Waals surface area contributed by atoms with Gasteiger partial charge in [0, 0.05) is 18.8 Å². The highest BCUT2D eigenvalue weighted by Crippen LogP contribution is 2.24. The quantitative estimate of drug-likeness (QED) is 0.461. The number of aryl methyl sites for hydroxylation is 2. The molecule has 4 aromatic heterocycles. The van der Waals surface area contributed by atoms with Crippen LogP contribution in [0.3, 0.4) is 0 Å². The molecule has 0 aliphatic heterocycles. The smallest absolute Gasteiger partial charge is 0.306 e. The van der Waals surface area contributed by atoms with Gasteiger partial charge in [-0.3, -0.25) is 9.36 Å². The minimum atomic E-state index is -0.227. The topological polar surface area (TPSA) is 89.5 Å². The Balaban J connectivity index is 2.23. The normalized spacial score (nSPS) is 12.1. The number of nitrogens with one attached hydrogen (secondary N) is 1. The van der Waals surface area contributed by atoms with Crippen molar-refractivity contribution in [2.75, 3.05) is 0 Å². The number of hydrogen-bond donors (Lipinski definition) is 1. The highest BCUT2D eigenvalue weighted by molar-refractivity contribution is 6.03. The molecule has 0 atom stereocenters. The molecule has 0 saturated carbocycles. The van der Waals surface area contributed by atoms with Gasteiger partial charge in [0.25, 0.3) is 5.56 Å². The number of H-pyrrole nitrogens is 1. The number of para-hydroxylation sites is 2. The van der Waals surface area contributed by atoms with Crippen molar-refractivity contribution >= 4 is 33.4 Å². The summed E-state index contributed by atoms with van der Waals surface area (Å²) in [5.41, 5.74) is 3.19. The van der Waals surface area contributed by atoms with Crippen molar-refractivity contribution in [2.24, 2.45) is 7.05 Å². The van der Waals surface area contributed by atoms with Gasteiger partial charge in [-0.1, -0.05) is 12.1 Å². The third-order valence-corrected chi connectivity index (χ3v) is 4.36. The van der Waals surface area contributed by atoms with Crippen molar-refractivity contribution in [1.29, 1.82) is 0 Å². The first-order chi connectivity index (χ1) is 11.6. The Kier molecular flexibility index (Phi) is 2.23. The minimum Gasteiger partial charge on any atom is -0.306 e. The maximum absolute atomic E-state index is 12.8. The summed E-state index contributed by atoms with van der Waals surface area (Å²) in [6.45, 7) is 1.80. The molecule has 0 amide bonds.